The Morgan fingerprint density at radius 3 is 2.52 bits per heavy atom. The van der Waals surface area contributed by atoms with Crippen LogP contribution < -0.4 is 14.8 Å². The number of aryl methyl sites for hydroxylation is 1. The van der Waals surface area contributed by atoms with Crippen molar-refractivity contribution in [1.82, 2.24) is 24.9 Å². The molecule has 0 spiro atoms. The summed E-state index contributed by atoms with van der Waals surface area (Å²) >= 11 is 0. The average molecular weight is 514 g/mol. The fourth-order valence-corrected chi connectivity index (χ4v) is 3.44. The van der Waals surface area contributed by atoms with Gasteiger partial charge in [0.1, 0.15) is 11.5 Å². The second kappa shape index (κ2) is 11.2. The number of methoxy groups -OCH3 is 2. The number of hydrogen-bond acceptors (Lipinski definition) is 5. The van der Waals surface area contributed by atoms with Crippen molar-refractivity contribution in [2.45, 2.75) is 13.1 Å². The number of nitrogens with one attached hydrogen (secondary N) is 1. The monoisotopic (exact) mass is 514 g/mol. The molecule has 1 N–H and O–H groups in total. The first-order valence-corrected chi connectivity index (χ1v) is 9.49. The Morgan fingerprint density at radius 1 is 1.17 bits per heavy atom. The van der Waals surface area contributed by atoms with E-state index >= 15 is 0 Å². The van der Waals surface area contributed by atoms with Crippen molar-refractivity contribution in [2.75, 3.05) is 47.4 Å². The molecule has 2 aromatic rings. The van der Waals surface area contributed by atoms with Crippen LogP contribution in [0.15, 0.2) is 35.6 Å². The summed E-state index contributed by atoms with van der Waals surface area (Å²) in [6.45, 7) is 5.36. The lowest BCUT2D eigenvalue weighted by molar-refractivity contribution is 0.171. The third-order valence-electron chi connectivity index (χ3n) is 4.97. The highest BCUT2D eigenvalue weighted by Gasteiger charge is 2.21. The molecule has 160 valence electrons. The van der Waals surface area contributed by atoms with Crippen molar-refractivity contribution in [3.8, 4) is 11.5 Å². The maximum atomic E-state index is 5.51. The number of nitrogens with zero attached hydrogens (tertiary/aromatic N) is 5. The van der Waals surface area contributed by atoms with Crippen molar-refractivity contribution >= 4 is 29.9 Å². The highest BCUT2D eigenvalue weighted by atomic mass is 127. The Bertz CT molecular complexity index is 802. The van der Waals surface area contributed by atoms with Crippen LogP contribution in [0.4, 0.5) is 0 Å². The highest BCUT2D eigenvalue weighted by Crippen LogP contribution is 2.25. The molecule has 0 atom stereocenters. The number of aliphatic imine (C=N–C) groups is 1. The van der Waals surface area contributed by atoms with Crippen LogP contribution in [0.3, 0.4) is 0 Å². The predicted octanol–water partition coefficient (Wildman–Crippen LogP) is 1.95. The van der Waals surface area contributed by atoms with Crippen LogP contribution in [0.25, 0.3) is 0 Å². The zero-order valence-corrected chi connectivity index (χ0v) is 19.9. The molecule has 1 aromatic heterocycles. The van der Waals surface area contributed by atoms with Gasteiger partial charge in [0.25, 0.3) is 0 Å². The first-order valence-electron chi connectivity index (χ1n) is 9.49. The standard InChI is InChI=1S/C20H30N6O2.HI/c1-21-20(22-12-16-13-23-24(2)14-16)26-9-7-25(8-10-26)15-17-11-18(27-3)5-6-19(17)28-4;/h5-6,11,13-14H,7-10,12,15H2,1-4H3,(H,21,22);1H. The van der Waals surface area contributed by atoms with Gasteiger partial charge in [0.05, 0.1) is 20.4 Å². The van der Waals surface area contributed by atoms with E-state index < -0.39 is 0 Å². The summed E-state index contributed by atoms with van der Waals surface area (Å²) in [5.74, 6) is 2.69. The minimum Gasteiger partial charge on any atom is -0.497 e. The molecule has 1 fully saturated rings. The van der Waals surface area contributed by atoms with Gasteiger partial charge in [0, 0.05) is 70.7 Å². The van der Waals surface area contributed by atoms with Crippen LogP contribution >= 0.6 is 24.0 Å². The van der Waals surface area contributed by atoms with Gasteiger partial charge in [-0.05, 0) is 18.2 Å². The molecule has 0 aliphatic carbocycles. The third kappa shape index (κ3) is 6.23. The summed E-state index contributed by atoms with van der Waals surface area (Å²) in [5.41, 5.74) is 2.29. The van der Waals surface area contributed by atoms with Gasteiger partial charge in [-0.25, -0.2) is 0 Å². The molecule has 3 rings (SSSR count). The summed E-state index contributed by atoms with van der Waals surface area (Å²) < 4.78 is 12.7. The van der Waals surface area contributed by atoms with E-state index in [2.05, 4.69) is 31.3 Å². The first-order chi connectivity index (χ1) is 13.6. The second-order valence-electron chi connectivity index (χ2n) is 6.86. The number of rotatable bonds is 6. The Balaban J connectivity index is 0.00000300. The summed E-state index contributed by atoms with van der Waals surface area (Å²) in [5, 5.41) is 7.64. The van der Waals surface area contributed by atoms with E-state index in [1.54, 1.807) is 14.2 Å². The van der Waals surface area contributed by atoms with E-state index in [0.717, 1.165) is 67.9 Å². The molecular formula is C20H31IN6O2. The molecule has 0 radical (unpaired) electrons. The fraction of sp³-hybridized carbons (Fsp3) is 0.500. The number of aromatic nitrogens is 2. The molecule has 1 saturated heterocycles. The van der Waals surface area contributed by atoms with Gasteiger partial charge in [-0.2, -0.15) is 5.10 Å². The second-order valence-corrected chi connectivity index (χ2v) is 6.86. The topological polar surface area (TPSA) is 67.2 Å². The number of halogens is 1. The lowest BCUT2D eigenvalue weighted by atomic mass is 10.1. The smallest absolute Gasteiger partial charge is 0.194 e. The maximum Gasteiger partial charge on any atom is 0.194 e. The molecule has 2 heterocycles. The quantitative estimate of drug-likeness (QED) is 0.361. The van der Waals surface area contributed by atoms with Gasteiger partial charge in [-0.15, -0.1) is 24.0 Å². The molecule has 8 nitrogen and oxygen atoms in total. The van der Waals surface area contributed by atoms with Crippen LogP contribution in [0.5, 0.6) is 11.5 Å². The van der Waals surface area contributed by atoms with Crippen LogP contribution in [0.1, 0.15) is 11.1 Å². The number of ether oxygens (including phenoxy) is 2. The van der Waals surface area contributed by atoms with E-state index in [0.29, 0.717) is 0 Å². The normalized spacial score (nSPS) is 15.0. The zero-order valence-electron chi connectivity index (χ0n) is 17.6. The lowest BCUT2D eigenvalue weighted by Crippen LogP contribution is -2.52. The Morgan fingerprint density at radius 2 is 1.93 bits per heavy atom. The zero-order chi connectivity index (χ0) is 19.9. The molecule has 1 aliphatic heterocycles. The van der Waals surface area contributed by atoms with Gasteiger partial charge in [-0.3, -0.25) is 14.6 Å². The van der Waals surface area contributed by atoms with Crippen LogP contribution in [0.2, 0.25) is 0 Å². The van der Waals surface area contributed by atoms with Crippen molar-refractivity contribution in [3.63, 3.8) is 0 Å². The first kappa shape index (κ1) is 23.3. The molecule has 9 heteroatoms. The number of hydrogen-bond donors (Lipinski definition) is 1. The maximum absolute atomic E-state index is 5.51. The van der Waals surface area contributed by atoms with Gasteiger partial charge in [-0.1, -0.05) is 0 Å². The Kier molecular flexibility index (Phi) is 9.02. The van der Waals surface area contributed by atoms with Crippen LogP contribution in [-0.4, -0.2) is 73.0 Å². The van der Waals surface area contributed by atoms with Crippen molar-refractivity contribution in [1.29, 1.82) is 0 Å². The molecular weight excluding hydrogens is 483 g/mol. The van der Waals surface area contributed by atoms with Crippen molar-refractivity contribution in [3.05, 3.63) is 41.7 Å². The summed E-state index contributed by atoms with van der Waals surface area (Å²) in [6, 6.07) is 5.95. The average Bonchev–Trinajstić information content (AvgIpc) is 3.14. The Labute approximate surface area is 189 Å². The number of guanidine groups is 1. The van der Waals surface area contributed by atoms with E-state index in [9.17, 15) is 0 Å². The number of piperazine rings is 1. The predicted molar refractivity (Wildman–Crippen MR) is 125 cm³/mol. The van der Waals surface area contributed by atoms with E-state index in [1.165, 1.54) is 0 Å². The molecule has 0 saturated carbocycles. The number of benzene rings is 1. The van der Waals surface area contributed by atoms with Crippen LogP contribution in [-0.2, 0) is 20.1 Å². The molecule has 29 heavy (non-hydrogen) atoms. The van der Waals surface area contributed by atoms with Gasteiger partial charge in [0.2, 0.25) is 0 Å². The molecule has 0 bridgehead atoms. The van der Waals surface area contributed by atoms with Crippen molar-refractivity contribution in [2.24, 2.45) is 12.0 Å². The molecule has 1 aliphatic rings. The van der Waals surface area contributed by atoms with E-state index in [1.807, 2.05) is 43.3 Å². The van der Waals surface area contributed by atoms with E-state index in [4.69, 9.17) is 9.47 Å². The largest absolute Gasteiger partial charge is 0.497 e. The fourth-order valence-electron chi connectivity index (χ4n) is 3.44. The van der Waals surface area contributed by atoms with E-state index in [-0.39, 0.29) is 24.0 Å². The minimum atomic E-state index is 0. The highest BCUT2D eigenvalue weighted by molar-refractivity contribution is 14.0. The van der Waals surface area contributed by atoms with Crippen LogP contribution in [0, 0.1) is 0 Å². The van der Waals surface area contributed by atoms with Gasteiger partial charge >= 0.3 is 0 Å². The molecule has 0 unspecified atom stereocenters. The lowest BCUT2D eigenvalue weighted by Gasteiger charge is -2.36. The minimum absolute atomic E-state index is 0. The summed E-state index contributed by atoms with van der Waals surface area (Å²) in [7, 11) is 7.16. The van der Waals surface area contributed by atoms with Crippen molar-refractivity contribution < 1.29 is 9.47 Å². The third-order valence-corrected chi connectivity index (χ3v) is 4.97. The molecule has 0 amide bonds. The SMILES string of the molecule is CN=C(NCc1cnn(C)c1)N1CCN(Cc2cc(OC)ccc2OC)CC1.I. The summed E-state index contributed by atoms with van der Waals surface area (Å²) in [6.07, 6.45) is 3.89. The van der Waals surface area contributed by atoms with Gasteiger partial charge in [0.15, 0.2) is 5.96 Å². The van der Waals surface area contributed by atoms with Gasteiger partial charge < -0.3 is 19.7 Å². The summed E-state index contributed by atoms with van der Waals surface area (Å²) in [4.78, 5) is 9.18. The Hall–Kier alpha value is -2.01. The molecule has 1 aromatic carbocycles.